The third kappa shape index (κ3) is 338. The zero-order valence-electron chi connectivity index (χ0n) is 10.5. The molecule has 0 aromatic carbocycles. The van der Waals surface area contributed by atoms with E-state index in [-0.39, 0.29) is 17.1 Å². The molecule has 0 rings (SSSR count). The van der Waals surface area contributed by atoms with Crippen molar-refractivity contribution in [3.63, 3.8) is 0 Å². The van der Waals surface area contributed by atoms with E-state index in [1.807, 2.05) is 0 Å². The van der Waals surface area contributed by atoms with Crippen LogP contribution in [0.2, 0.25) is 0 Å². The van der Waals surface area contributed by atoms with Crippen LogP contribution < -0.4 is 0 Å². The molecule has 25 heavy (non-hydrogen) atoms. The topological polar surface area (TPSA) is 389 Å². The molecule has 0 aliphatic rings. The van der Waals surface area contributed by atoms with Gasteiger partial charge in [0.2, 0.25) is 0 Å². The molecule has 0 spiro atoms. The van der Waals surface area contributed by atoms with Crippen molar-refractivity contribution in [1.82, 2.24) is 0 Å². The summed E-state index contributed by atoms with van der Waals surface area (Å²) in [5.41, 5.74) is 0. The number of hydrogen-bond donors (Lipinski definition) is 3. The minimum Gasteiger partial charge on any atom is -0.356 e. The van der Waals surface area contributed by atoms with Gasteiger partial charge in [0.05, 0.1) is 15.3 Å². The smallest absolute Gasteiger partial charge is 0.356 e. The van der Waals surface area contributed by atoms with Crippen LogP contribution in [0.4, 0.5) is 0 Å². The van der Waals surface area contributed by atoms with E-state index in [1.165, 1.54) is 0 Å². The molecule has 0 aliphatic carbocycles. The minimum absolute atomic E-state index is 0. The van der Waals surface area contributed by atoms with Crippen LogP contribution in [-0.2, 0) is 17.1 Å². The van der Waals surface area contributed by atoms with E-state index >= 15 is 0 Å². The molecular formula is H3FeN6O18. The van der Waals surface area contributed by atoms with Gasteiger partial charge in [0.1, 0.15) is 0 Å². The van der Waals surface area contributed by atoms with E-state index in [2.05, 4.69) is 0 Å². The summed E-state index contributed by atoms with van der Waals surface area (Å²) in [6.45, 7) is 0. The van der Waals surface area contributed by atoms with Gasteiger partial charge in [0, 0.05) is 0 Å². The maximum Gasteiger partial charge on any atom is 3.00 e. The Labute approximate surface area is 140 Å². The number of hydrogen-bond acceptors (Lipinski definition) is 15. The largest absolute Gasteiger partial charge is 3.00 e. The Morgan fingerprint density at radius 1 is 0.400 bits per heavy atom. The van der Waals surface area contributed by atoms with Crippen molar-refractivity contribution in [2.24, 2.45) is 0 Å². The Hall–Kier alpha value is -4.28. The first kappa shape index (κ1) is 42.8. The van der Waals surface area contributed by atoms with Gasteiger partial charge in [-0.1, -0.05) is 0 Å². The van der Waals surface area contributed by atoms with Crippen molar-refractivity contribution in [1.29, 1.82) is 0 Å². The molecule has 24 nitrogen and oxygen atoms in total. The van der Waals surface area contributed by atoms with Crippen LogP contribution in [-0.4, -0.2) is 46.1 Å². The zero-order chi connectivity index (χ0) is 21.5. The number of nitrogens with zero attached hydrogens (tertiary/aromatic N) is 6. The normalized spacial score (nSPS) is 5.76. The summed E-state index contributed by atoms with van der Waals surface area (Å²) in [5.74, 6) is 0. The van der Waals surface area contributed by atoms with Crippen LogP contribution in [0.25, 0.3) is 0 Å². The summed E-state index contributed by atoms with van der Waals surface area (Å²) in [6.07, 6.45) is 0. The van der Waals surface area contributed by atoms with Gasteiger partial charge in [0.15, 0.2) is 0 Å². The van der Waals surface area contributed by atoms with Crippen molar-refractivity contribution in [3.8, 4) is 0 Å². The zero-order valence-corrected chi connectivity index (χ0v) is 11.6. The molecule has 0 heterocycles. The summed E-state index contributed by atoms with van der Waals surface area (Å²) in [6, 6.07) is 0. The molecular weight excluding hydrogens is 428 g/mol. The summed E-state index contributed by atoms with van der Waals surface area (Å²) < 4.78 is 0. The van der Waals surface area contributed by atoms with Gasteiger partial charge in [0.25, 0.3) is 15.3 Å². The standard InChI is InChI=1S/Fe.3HNO3.3NO3/c;6*2-1(3)4/h;3*(H,2,3,4);;;/q+3;;;;3*-1. The van der Waals surface area contributed by atoms with Gasteiger partial charge < -0.3 is 61.6 Å². The maximum absolute atomic E-state index is 8.36. The molecule has 0 aliphatic heterocycles. The summed E-state index contributed by atoms with van der Waals surface area (Å²) in [5, 5.41) is 85.2. The second-order valence-electron chi connectivity index (χ2n) is 1.38. The van der Waals surface area contributed by atoms with Crippen molar-refractivity contribution in [2.45, 2.75) is 0 Å². The summed E-state index contributed by atoms with van der Waals surface area (Å²) in [4.78, 5) is 49.8. The van der Waals surface area contributed by atoms with Crippen LogP contribution in [0.1, 0.15) is 0 Å². The monoisotopic (exact) mass is 431 g/mol. The molecule has 0 fully saturated rings. The van der Waals surface area contributed by atoms with E-state index in [1.54, 1.807) is 0 Å². The fourth-order valence-electron chi connectivity index (χ4n) is 0. The Morgan fingerprint density at radius 2 is 0.400 bits per heavy atom. The third-order valence-corrected chi connectivity index (χ3v) is 0. The maximum atomic E-state index is 8.36. The average Bonchev–Trinajstić information content (AvgIpc) is 2.08. The Bertz CT molecular complexity index is 257. The Kier molecular flexibility index (Phi) is 62.9. The van der Waals surface area contributed by atoms with Crippen LogP contribution in [0, 0.1) is 76.3 Å². The molecule has 0 aromatic heterocycles. The molecule has 0 unspecified atom stereocenters. The summed E-state index contributed by atoms with van der Waals surface area (Å²) in [7, 11) is 0. The molecule has 0 saturated heterocycles. The molecule has 1 radical (unpaired) electrons. The van der Waals surface area contributed by atoms with Gasteiger partial charge in [-0.05, 0) is 0 Å². The average molecular weight is 431 g/mol. The molecule has 0 atom stereocenters. The predicted octanol–water partition coefficient (Wildman–Crippen LogP) is -1.76. The number of rotatable bonds is 0. The van der Waals surface area contributed by atoms with E-state index in [9.17, 15) is 0 Å². The summed E-state index contributed by atoms with van der Waals surface area (Å²) >= 11 is 0. The predicted molar refractivity (Wildman–Crippen MR) is 57.4 cm³/mol. The van der Waals surface area contributed by atoms with Crippen LogP contribution in [0.5, 0.6) is 0 Å². The Balaban J connectivity index is -0.0000000309. The van der Waals surface area contributed by atoms with Crippen LogP contribution in [0.3, 0.4) is 0 Å². The Morgan fingerprint density at radius 3 is 0.400 bits per heavy atom. The second-order valence-corrected chi connectivity index (χ2v) is 1.38. The van der Waals surface area contributed by atoms with Crippen LogP contribution in [0.15, 0.2) is 0 Å². The first-order valence-corrected chi connectivity index (χ1v) is 3.34. The van der Waals surface area contributed by atoms with E-state index in [4.69, 9.17) is 91.9 Å². The van der Waals surface area contributed by atoms with Crippen molar-refractivity contribution in [3.05, 3.63) is 76.3 Å². The van der Waals surface area contributed by atoms with Gasteiger partial charge in [-0.3, -0.25) is 0 Å². The van der Waals surface area contributed by atoms with E-state index in [0.29, 0.717) is 0 Å². The van der Waals surface area contributed by atoms with Crippen molar-refractivity contribution in [2.75, 3.05) is 0 Å². The molecule has 149 valence electrons. The molecule has 0 aromatic rings. The first-order valence-electron chi connectivity index (χ1n) is 3.34. The molecule has 0 saturated carbocycles. The van der Waals surface area contributed by atoms with Crippen molar-refractivity contribution < 1.29 is 63.2 Å². The first-order chi connectivity index (χ1) is 10.4. The van der Waals surface area contributed by atoms with Crippen molar-refractivity contribution >= 4 is 0 Å². The molecule has 0 amide bonds. The molecule has 0 bridgehead atoms. The quantitative estimate of drug-likeness (QED) is 0.217. The SMILES string of the molecule is O=[N+]([O-])O.O=[N+]([O-])O.O=[N+]([O-])O.O=[N+]([O-])[O-].O=[N+]([O-])[O-].O=[N+]([O-])[O-].[Fe+3]. The van der Waals surface area contributed by atoms with Crippen LogP contribution >= 0.6 is 0 Å². The van der Waals surface area contributed by atoms with Gasteiger partial charge >= 0.3 is 17.1 Å². The van der Waals surface area contributed by atoms with Gasteiger partial charge in [-0.25, -0.2) is 0 Å². The minimum atomic E-state index is -1.75. The van der Waals surface area contributed by atoms with Gasteiger partial charge in [-0.15, -0.1) is 30.3 Å². The molecule has 25 heteroatoms. The third-order valence-electron chi connectivity index (χ3n) is 0. The molecule has 3 N–H and O–H groups in total. The second kappa shape index (κ2) is 36.7. The van der Waals surface area contributed by atoms with Gasteiger partial charge in [-0.2, -0.15) is 0 Å². The van der Waals surface area contributed by atoms with E-state index in [0.717, 1.165) is 0 Å². The fourth-order valence-corrected chi connectivity index (χ4v) is 0. The van der Waals surface area contributed by atoms with E-state index < -0.39 is 30.5 Å². The fraction of sp³-hybridized carbons (Fsp3) is 0.